The lowest BCUT2D eigenvalue weighted by molar-refractivity contribution is -0.143. The largest absolute Gasteiger partial charge is 0.481 e. The lowest BCUT2D eigenvalue weighted by atomic mass is 9.78. The zero-order valence-corrected chi connectivity index (χ0v) is 18.9. The Bertz CT molecular complexity index is 1130. The number of benzene rings is 2. The second kappa shape index (κ2) is 9.68. The van der Waals surface area contributed by atoms with Gasteiger partial charge in [0.2, 0.25) is 0 Å². The van der Waals surface area contributed by atoms with E-state index in [2.05, 4.69) is 6.07 Å². The van der Waals surface area contributed by atoms with Gasteiger partial charge in [0.1, 0.15) is 17.2 Å². The maximum atomic E-state index is 15.0. The molecule has 2 aliphatic carbocycles. The Kier molecular flexibility index (Phi) is 6.50. The van der Waals surface area contributed by atoms with E-state index in [1.807, 2.05) is 24.3 Å². The molecule has 5 heteroatoms. The van der Waals surface area contributed by atoms with Gasteiger partial charge in [-0.3, -0.25) is 4.79 Å². The zero-order chi connectivity index (χ0) is 22.8. The van der Waals surface area contributed by atoms with Crippen molar-refractivity contribution in [1.29, 1.82) is 0 Å². The molecule has 2 aromatic carbocycles. The van der Waals surface area contributed by atoms with Gasteiger partial charge in [-0.2, -0.15) is 0 Å². The maximum absolute atomic E-state index is 15.0. The minimum atomic E-state index is -0.709. The van der Waals surface area contributed by atoms with Crippen LogP contribution >= 0.6 is 0 Å². The first kappa shape index (κ1) is 22.1. The van der Waals surface area contributed by atoms with E-state index < -0.39 is 5.97 Å². The summed E-state index contributed by atoms with van der Waals surface area (Å²) in [5.41, 5.74) is 3.20. The SMILES string of the molecule is O=C(O)C1CCCC(Cc2ccc(-c3cc4cc(COC5CCCC5)ccc4o3)c(F)c2)C1. The average molecular weight is 451 g/mol. The molecule has 2 fully saturated rings. The van der Waals surface area contributed by atoms with Crippen LogP contribution in [0.15, 0.2) is 46.9 Å². The van der Waals surface area contributed by atoms with Gasteiger partial charge < -0.3 is 14.3 Å². The van der Waals surface area contributed by atoms with Gasteiger partial charge in [0.15, 0.2) is 0 Å². The first-order valence-corrected chi connectivity index (χ1v) is 12.2. The maximum Gasteiger partial charge on any atom is 0.306 e. The highest BCUT2D eigenvalue weighted by Gasteiger charge is 2.27. The molecule has 1 N–H and O–H groups in total. The summed E-state index contributed by atoms with van der Waals surface area (Å²) in [5, 5.41) is 10.3. The molecule has 2 unspecified atom stereocenters. The molecule has 2 atom stereocenters. The van der Waals surface area contributed by atoms with Gasteiger partial charge >= 0.3 is 5.97 Å². The first-order valence-electron chi connectivity index (χ1n) is 12.2. The Hall–Kier alpha value is -2.66. The van der Waals surface area contributed by atoms with Crippen LogP contribution in [0.1, 0.15) is 62.5 Å². The number of fused-ring (bicyclic) bond motifs is 1. The molecule has 33 heavy (non-hydrogen) atoms. The molecule has 0 amide bonds. The van der Waals surface area contributed by atoms with Crippen molar-refractivity contribution < 1.29 is 23.4 Å². The van der Waals surface area contributed by atoms with Gasteiger partial charge in [-0.05, 0) is 79.5 Å². The van der Waals surface area contributed by atoms with Gasteiger partial charge in [-0.25, -0.2) is 4.39 Å². The predicted molar refractivity (Wildman–Crippen MR) is 125 cm³/mol. The van der Waals surface area contributed by atoms with Crippen LogP contribution in [0.2, 0.25) is 0 Å². The molecule has 5 rings (SSSR count). The van der Waals surface area contributed by atoms with Crippen LogP contribution in [0, 0.1) is 17.7 Å². The Balaban J connectivity index is 1.28. The number of carbonyl (C=O) groups is 1. The monoisotopic (exact) mass is 450 g/mol. The summed E-state index contributed by atoms with van der Waals surface area (Å²) in [7, 11) is 0. The fourth-order valence-electron chi connectivity index (χ4n) is 5.50. The molecule has 2 aliphatic rings. The van der Waals surface area contributed by atoms with E-state index in [1.165, 1.54) is 12.8 Å². The third-order valence-electron chi connectivity index (χ3n) is 7.32. The fourth-order valence-corrected chi connectivity index (χ4v) is 5.50. The predicted octanol–water partition coefficient (Wildman–Crippen LogP) is 7.13. The van der Waals surface area contributed by atoms with Gasteiger partial charge in [0.05, 0.1) is 24.2 Å². The highest BCUT2D eigenvalue weighted by atomic mass is 19.1. The molecule has 174 valence electrons. The van der Waals surface area contributed by atoms with E-state index in [0.29, 0.717) is 42.8 Å². The Morgan fingerprint density at radius 1 is 1.00 bits per heavy atom. The molecule has 0 saturated heterocycles. The van der Waals surface area contributed by atoms with Crippen molar-refractivity contribution in [3.63, 3.8) is 0 Å². The van der Waals surface area contributed by atoms with E-state index in [-0.39, 0.29) is 11.7 Å². The minimum Gasteiger partial charge on any atom is -0.481 e. The van der Waals surface area contributed by atoms with Crippen molar-refractivity contribution in [2.45, 2.75) is 70.5 Å². The summed E-state index contributed by atoms with van der Waals surface area (Å²) >= 11 is 0. The van der Waals surface area contributed by atoms with Crippen LogP contribution in [0.5, 0.6) is 0 Å². The molecule has 1 heterocycles. The van der Waals surface area contributed by atoms with Crippen LogP contribution in [-0.2, 0) is 22.6 Å². The van der Waals surface area contributed by atoms with Crippen LogP contribution in [0.4, 0.5) is 4.39 Å². The van der Waals surface area contributed by atoms with Crippen LogP contribution in [-0.4, -0.2) is 17.2 Å². The highest BCUT2D eigenvalue weighted by Crippen LogP contribution is 2.34. The number of carboxylic acids is 1. The van der Waals surface area contributed by atoms with E-state index in [9.17, 15) is 9.90 Å². The molecule has 0 bridgehead atoms. The van der Waals surface area contributed by atoms with E-state index in [1.54, 1.807) is 12.1 Å². The molecule has 0 radical (unpaired) electrons. The number of halogens is 1. The number of hydrogen-bond donors (Lipinski definition) is 1. The van der Waals surface area contributed by atoms with Crippen molar-refractivity contribution >= 4 is 16.9 Å². The van der Waals surface area contributed by atoms with Gasteiger partial charge in [0.25, 0.3) is 0 Å². The summed E-state index contributed by atoms with van der Waals surface area (Å²) in [6, 6.07) is 13.2. The Morgan fingerprint density at radius 2 is 1.82 bits per heavy atom. The lowest BCUT2D eigenvalue weighted by Crippen LogP contribution is -2.23. The molecular weight excluding hydrogens is 419 g/mol. The number of aliphatic carboxylic acids is 1. The summed E-state index contributed by atoms with van der Waals surface area (Å²) in [6.07, 6.45) is 9.24. The lowest BCUT2D eigenvalue weighted by Gasteiger charge is -2.26. The minimum absolute atomic E-state index is 0.267. The second-order valence-electron chi connectivity index (χ2n) is 9.79. The second-order valence-corrected chi connectivity index (χ2v) is 9.79. The first-order chi connectivity index (χ1) is 16.0. The third kappa shape index (κ3) is 5.14. The molecule has 0 spiro atoms. The Labute approximate surface area is 193 Å². The number of carboxylic acid groups (broad SMARTS) is 1. The van der Waals surface area contributed by atoms with Crippen molar-refractivity contribution in [3.05, 3.63) is 59.4 Å². The number of furan rings is 1. The van der Waals surface area contributed by atoms with Crippen molar-refractivity contribution in [2.24, 2.45) is 11.8 Å². The third-order valence-corrected chi connectivity index (χ3v) is 7.32. The van der Waals surface area contributed by atoms with Crippen LogP contribution in [0.25, 0.3) is 22.3 Å². The standard InChI is InChI=1S/C28H31FO4/c29-25-15-19(12-18-4-3-5-21(13-18)28(30)31)8-10-24(25)27-16-22-14-20(9-11-26(22)33-27)17-32-23-6-1-2-7-23/h8-11,14-16,18,21,23H,1-7,12-13,17H2,(H,30,31). The average Bonchev–Trinajstić information content (AvgIpc) is 3.47. The van der Waals surface area contributed by atoms with Crippen molar-refractivity contribution in [3.8, 4) is 11.3 Å². The topological polar surface area (TPSA) is 59.7 Å². The van der Waals surface area contributed by atoms with Crippen LogP contribution < -0.4 is 0 Å². The number of rotatable bonds is 7. The Morgan fingerprint density at radius 3 is 2.61 bits per heavy atom. The summed E-state index contributed by atoms with van der Waals surface area (Å²) in [6.45, 7) is 0.591. The van der Waals surface area contributed by atoms with E-state index in [0.717, 1.165) is 54.2 Å². The smallest absolute Gasteiger partial charge is 0.306 e. The molecule has 4 nitrogen and oxygen atoms in total. The highest BCUT2D eigenvalue weighted by molar-refractivity contribution is 5.83. The molecule has 0 aliphatic heterocycles. The van der Waals surface area contributed by atoms with Gasteiger partial charge in [-0.1, -0.05) is 37.8 Å². The van der Waals surface area contributed by atoms with E-state index in [4.69, 9.17) is 9.15 Å². The van der Waals surface area contributed by atoms with Crippen molar-refractivity contribution in [2.75, 3.05) is 0 Å². The normalized spacial score (nSPS) is 21.6. The van der Waals surface area contributed by atoms with Gasteiger partial charge in [0, 0.05) is 5.39 Å². The van der Waals surface area contributed by atoms with Crippen LogP contribution in [0.3, 0.4) is 0 Å². The summed E-state index contributed by atoms with van der Waals surface area (Å²) in [5.74, 6) is -0.467. The molecule has 2 saturated carbocycles. The number of hydrogen-bond acceptors (Lipinski definition) is 3. The molecule has 1 aromatic heterocycles. The summed E-state index contributed by atoms with van der Waals surface area (Å²) < 4.78 is 27.0. The summed E-state index contributed by atoms with van der Waals surface area (Å²) in [4.78, 5) is 11.3. The quantitative estimate of drug-likeness (QED) is 0.416. The molecular formula is C28H31FO4. The fraction of sp³-hybridized carbons (Fsp3) is 0.464. The molecule has 3 aromatic rings. The van der Waals surface area contributed by atoms with Gasteiger partial charge in [-0.15, -0.1) is 0 Å². The number of ether oxygens (including phenoxy) is 1. The van der Waals surface area contributed by atoms with E-state index >= 15 is 4.39 Å². The van der Waals surface area contributed by atoms with Crippen molar-refractivity contribution in [1.82, 2.24) is 0 Å². The zero-order valence-electron chi connectivity index (χ0n) is 18.9.